The van der Waals surface area contributed by atoms with Gasteiger partial charge in [-0.2, -0.15) is 0 Å². The highest BCUT2D eigenvalue weighted by molar-refractivity contribution is 7.22. The molecule has 0 spiro atoms. The molecule has 0 bridgehead atoms. The Hall–Kier alpha value is -2.58. The van der Waals surface area contributed by atoms with Crippen molar-refractivity contribution < 1.29 is 9.18 Å². The average molecular weight is 357 g/mol. The summed E-state index contributed by atoms with van der Waals surface area (Å²) in [5.74, 6) is -0.264. The average Bonchev–Trinajstić information content (AvgIpc) is 3.25. The van der Waals surface area contributed by atoms with Crippen LogP contribution in [0.3, 0.4) is 0 Å². The smallest absolute Gasteiger partial charge is 0.270 e. The van der Waals surface area contributed by atoms with E-state index in [0.29, 0.717) is 10.5 Å². The van der Waals surface area contributed by atoms with Gasteiger partial charge in [-0.25, -0.2) is 4.39 Å². The van der Waals surface area contributed by atoms with Gasteiger partial charge in [-0.15, -0.1) is 21.5 Å². The monoisotopic (exact) mass is 357 g/mol. The van der Waals surface area contributed by atoms with Gasteiger partial charge in [-0.05, 0) is 36.7 Å². The van der Waals surface area contributed by atoms with Crippen LogP contribution in [0.25, 0.3) is 20.5 Å². The van der Waals surface area contributed by atoms with Crippen molar-refractivity contribution in [3.63, 3.8) is 0 Å². The second kappa shape index (κ2) is 6.38. The largest absolute Gasteiger partial charge is 0.364 e. The van der Waals surface area contributed by atoms with E-state index in [4.69, 9.17) is 5.73 Å². The molecule has 1 fully saturated rings. The molecule has 1 aliphatic heterocycles. The minimum Gasteiger partial charge on any atom is -0.364 e. The Morgan fingerprint density at radius 3 is 2.80 bits per heavy atom. The fraction of sp³-hybridized carbons (Fsp3) is 0.235. The van der Waals surface area contributed by atoms with Crippen molar-refractivity contribution in [2.45, 2.75) is 12.5 Å². The molecule has 3 aromatic rings. The van der Waals surface area contributed by atoms with E-state index >= 15 is 0 Å². The first-order valence-corrected chi connectivity index (χ1v) is 8.76. The highest BCUT2D eigenvalue weighted by Crippen LogP contribution is 2.37. The van der Waals surface area contributed by atoms with Crippen molar-refractivity contribution in [3.05, 3.63) is 41.8 Å². The van der Waals surface area contributed by atoms with E-state index in [2.05, 4.69) is 20.8 Å². The molecule has 25 heavy (non-hydrogen) atoms. The van der Waals surface area contributed by atoms with Crippen LogP contribution in [0.15, 0.2) is 30.3 Å². The van der Waals surface area contributed by atoms with Crippen molar-refractivity contribution in [1.82, 2.24) is 15.5 Å². The Kier molecular flexibility index (Phi) is 4.06. The van der Waals surface area contributed by atoms with E-state index in [1.807, 2.05) is 6.07 Å². The highest BCUT2D eigenvalue weighted by Gasteiger charge is 2.21. The molecule has 1 aliphatic rings. The van der Waals surface area contributed by atoms with E-state index in [0.717, 1.165) is 35.3 Å². The van der Waals surface area contributed by atoms with Crippen molar-refractivity contribution in [2.24, 2.45) is 5.73 Å². The Morgan fingerprint density at radius 1 is 1.32 bits per heavy atom. The summed E-state index contributed by atoms with van der Waals surface area (Å²) in [4.78, 5) is 12.6. The van der Waals surface area contributed by atoms with Gasteiger partial charge in [-0.3, -0.25) is 4.79 Å². The zero-order valence-corrected chi connectivity index (χ0v) is 14.1. The molecule has 2 aromatic heterocycles. The van der Waals surface area contributed by atoms with Gasteiger partial charge in [0.2, 0.25) is 0 Å². The minimum atomic E-state index is -0.612. The van der Waals surface area contributed by atoms with Crippen LogP contribution in [0.5, 0.6) is 0 Å². The number of carbonyl (C=O) groups is 1. The molecule has 1 amide bonds. The maximum atomic E-state index is 13.2. The molecule has 4 rings (SSSR count). The van der Waals surface area contributed by atoms with Crippen LogP contribution in [0.4, 0.5) is 10.2 Å². The Labute approximate surface area is 147 Å². The highest BCUT2D eigenvalue weighted by atomic mass is 32.1. The van der Waals surface area contributed by atoms with Gasteiger partial charge in [0.05, 0.1) is 4.70 Å². The minimum absolute atomic E-state index is 0.156. The van der Waals surface area contributed by atoms with Gasteiger partial charge in [0, 0.05) is 22.8 Å². The van der Waals surface area contributed by atoms with Crippen LogP contribution < -0.4 is 16.4 Å². The number of thiophene rings is 1. The van der Waals surface area contributed by atoms with Crippen LogP contribution in [0.2, 0.25) is 0 Å². The molecule has 1 aromatic carbocycles. The van der Waals surface area contributed by atoms with Gasteiger partial charge in [-0.1, -0.05) is 12.1 Å². The number of halogens is 1. The zero-order valence-electron chi connectivity index (χ0n) is 13.3. The number of hydrogen-bond acceptors (Lipinski definition) is 6. The Bertz CT molecular complexity index is 934. The lowest BCUT2D eigenvalue weighted by Gasteiger charge is -2.12. The summed E-state index contributed by atoms with van der Waals surface area (Å²) in [7, 11) is 0. The molecule has 8 heteroatoms. The molecule has 0 aliphatic carbocycles. The molecule has 1 unspecified atom stereocenters. The maximum Gasteiger partial charge on any atom is 0.270 e. The Balaban J connectivity index is 1.82. The maximum absolute atomic E-state index is 13.2. The lowest BCUT2D eigenvalue weighted by molar-refractivity contribution is 0.0996. The number of hydrogen-bond donors (Lipinski definition) is 3. The molecule has 4 N–H and O–H groups in total. The van der Waals surface area contributed by atoms with Crippen LogP contribution in [-0.2, 0) is 0 Å². The van der Waals surface area contributed by atoms with Crippen LogP contribution in [0.1, 0.15) is 16.9 Å². The predicted molar refractivity (Wildman–Crippen MR) is 96.2 cm³/mol. The second-order valence-corrected chi connectivity index (χ2v) is 7.01. The summed E-state index contributed by atoms with van der Waals surface area (Å²) in [5, 5.41) is 15.7. The summed E-state index contributed by atoms with van der Waals surface area (Å²) in [6.07, 6.45) is 0.996. The fourth-order valence-electron chi connectivity index (χ4n) is 2.94. The summed E-state index contributed by atoms with van der Waals surface area (Å²) in [6.45, 7) is 1.81. The normalized spacial score (nSPS) is 17.1. The van der Waals surface area contributed by atoms with Gasteiger partial charge < -0.3 is 16.4 Å². The van der Waals surface area contributed by atoms with Crippen LogP contribution in [-0.4, -0.2) is 35.2 Å². The number of carbonyl (C=O) groups excluding carboxylic acids is 1. The van der Waals surface area contributed by atoms with Crippen molar-refractivity contribution >= 4 is 33.1 Å². The van der Waals surface area contributed by atoms with Crippen LogP contribution in [0, 0.1) is 5.82 Å². The van der Waals surface area contributed by atoms with Gasteiger partial charge in [0.1, 0.15) is 5.82 Å². The molecule has 0 radical (unpaired) electrons. The number of fused-ring (bicyclic) bond motifs is 1. The van der Waals surface area contributed by atoms with E-state index in [-0.39, 0.29) is 17.6 Å². The van der Waals surface area contributed by atoms with Gasteiger partial charge in [0.25, 0.3) is 5.91 Å². The predicted octanol–water partition coefficient (Wildman–Crippen LogP) is 2.37. The quantitative estimate of drug-likeness (QED) is 0.667. The third kappa shape index (κ3) is 3.06. The zero-order chi connectivity index (χ0) is 17.4. The van der Waals surface area contributed by atoms with E-state index in [9.17, 15) is 9.18 Å². The molecule has 128 valence electrons. The molecule has 1 atom stereocenters. The number of nitrogens with one attached hydrogen (secondary N) is 2. The van der Waals surface area contributed by atoms with Crippen LogP contribution >= 0.6 is 11.3 Å². The number of anilines is 1. The SMILES string of the molecule is NC(=O)c1nnc(NC2CCNC2)c2cc(-c3ccc(F)cc3)sc12. The lowest BCUT2D eigenvalue weighted by Crippen LogP contribution is -2.23. The molecular weight excluding hydrogens is 341 g/mol. The molecular formula is C17H16FN5OS. The molecule has 6 nitrogen and oxygen atoms in total. The number of amides is 1. The number of nitrogens with two attached hydrogens (primary N) is 1. The number of aromatic nitrogens is 2. The molecule has 3 heterocycles. The lowest BCUT2D eigenvalue weighted by atomic mass is 10.1. The second-order valence-electron chi connectivity index (χ2n) is 5.96. The molecule has 1 saturated heterocycles. The fourth-order valence-corrected chi connectivity index (χ4v) is 4.09. The van der Waals surface area contributed by atoms with Gasteiger partial charge in [0.15, 0.2) is 11.5 Å². The summed E-state index contributed by atoms with van der Waals surface area (Å²) in [6, 6.07) is 8.45. The molecule has 0 saturated carbocycles. The van der Waals surface area contributed by atoms with Crippen molar-refractivity contribution in [2.75, 3.05) is 18.4 Å². The number of nitrogens with zero attached hydrogens (tertiary/aromatic N) is 2. The standard InChI is InChI=1S/C17H16FN5OS/c18-10-3-1-9(2-4-10)13-7-12-15(25-13)14(16(19)24)22-23-17(12)21-11-5-6-20-8-11/h1-4,7,11,20H,5-6,8H2,(H2,19,24)(H,21,23). The summed E-state index contributed by atoms with van der Waals surface area (Å²) >= 11 is 1.40. The van der Waals surface area contributed by atoms with Crippen molar-refractivity contribution in [3.8, 4) is 10.4 Å². The number of primary amides is 1. The number of rotatable bonds is 4. The van der Waals surface area contributed by atoms with E-state index in [1.54, 1.807) is 12.1 Å². The van der Waals surface area contributed by atoms with Gasteiger partial charge >= 0.3 is 0 Å². The summed E-state index contributed by atoms with van der Waals surface area (Å²) in [5.41, 5.74) is 6.47. The van der Waals surface area contributed by atoms with E-state index < -0.39 is 5.91 Å². The first-order valence-electron chi connectivity index (χ1n) is 7.95. The summed E-state index contributed by atoms with van der Waals surface area (Å²) < 4.78 is 13.9. The van der Waals surface area contributed by atoms with E-state index in [1.165, 1.54) is 23.5 Å². The number of benzene rings is 1. The van der Waals surface area contributed by atoms with Crippen molar-refractivity contribution in [1.29, 1.82) is 0 Å². The Morgan fingerprint density at radius 2 is 2.12 bits per heavy atom. The third-order valence-corrected chi connectivity index (χ3v) is 5.41. The first-order chi connectivity index (χ1) is 12.1. The topological polar surface area (TPSA) is 92.9 Å². The first kappa shape index (κ1) is 15.9. The third-order valence-electron chi connectivity index (χ3n) is 4.22.